The summed E-state index contributed by atoms with van der Waals surface area (Å²) in [7, 11) is 0. The van der Waals surface area contributed by atoms with Gasteiger partial charge in [0.1, 0.15) is 5.82 Å². The number of hydrogen-bond acceptors (Lipinski definition) is 2. The Bertz CT molecular complexity index is 370. The van der Waals surface area contributed by atoms with E-state index >= 15 is 0 Å². The SMILES string of the molecule is CC(NCc1cccc(Cl)c1F)C(N)=O. The highest BCUT2D eigenvalue weighted by atomic mass is 35.5. The topological polar surface area (TPSA) is 55.1 Å². The Morgan fingerprint density at radius 1 is 1.67 bits per heavy atom. The van der Waals surface area contributed by atoms with Gasteiger partial charge in [-0.1, -0.05) is 23.7 Å². The van der Waals surface area contributed by atoms with Gasteiger partial charge in [0.25, 0.3) is 0 Å². The van der Waals surface area contributed by atoms with Crippen LogP contribution >= 0.6 is 11.6 Å². The van der Waals surface area contributed by atoms with Crippen LogP contribution in [0.1, 0.15) is 12.5 Å². The van der Waals surface area contributed by atoms with Crippen LogP contribution in [0.3, 0.4) is 0 Å². The van der Waals surface area contributed by atoms with Gasteiger partial charge in [0.05, 0.1) is 11.1 Å². The van der Waals surface area contributed by atoms with Crippen LogP contribution in [-0.2, 0) is 11.3 Å². The zero-order valence-corrected chi connectivity index (χ0v) is 9.01. The van der Waals surface area contributed by atoms with Gasteiger partial charge in [0.2, 0.25) is 5.91 Å². The van der Waals surface area contributed by atoms with Crippen molar-refractivity contribution in [2.24, 2.45) is 5.73 Å². The molecule has 0 fully saturated rings. The molecular formula is C10H12ClFN2O. The van der Waals surface area contributed by atoms with E-state index in [1.54, 1.807) is 19.1 Å². The van der Waals surface area contributed by atoms with E-state index in [0.717, 1.165) is 0 Å². The molecule has 0 spiro atoms. The van der Waals surface area contributed by atoms with E-state index in [4.69, 9.17) is 17.3 Å². The maximum atomic E-state index is 13.4. The number of rotatable bonds is 4. The van der Waals surface area contributed by atoms with Gasteiger partial charge in [0, 0.05) is 12.1 Å². The maximum Gasteiger partial charge on any atom is 0.234 e. The summed E-state index contributed by atoms with van der Waals surface area (Å²) in [5.41, 5.74) is 5.46. The molecule has 0 saturated heterocycles. The van der Waals surface area contributed by atoms with Crippen LogP contribution in [0, 0.1) is 5.82 Å². The molecule has 0 bridgehead atoms. The summed E-state index contributed by atoms with van der Waals surface area (Å²) in [6.45, 7) is 1.83. The van der Waals surface area contributed by atoms with E-state index < -0.39 is 17.8 Å². The first-order valence-electron chi connectivity index (χ1n) is 4.48. The molecule has 1 unspecified atom stereocenters. The maximum absolute atomic E-state index is 13.4. The molecule has 5 heteroatoms. The summed E-state index contributed by atoms with van der Waals surface area (Å²) < 4.78 is 13.4. The molecule has 3 N–H and O–H groups in total. The van der Waals surface area contributed by atoms with Crippen molar-refractivity contribution >= 4 is 17.5 Å². The zero-order valence-electron chi connectivity index (χ0n) is 8.26. The van der Waals surface area contributed by atoms with Crippen LogP contribution in [0.5, 0.6) is 0 Å². The second-order valence-corrected chi connectivity index (χ2v) is 3.63. The largest absolute Gasteiger partial charge is 0.368 e. The van der Waals surface area contributed by atoms with Crippen molar-refractivity contribution in [2.45, 2.75) is 19.5 Å². The third kappa shape index (κ3) is 3.18. The lowest BCUT2D eigenvalue weighted by Gasteiger charge is -2.10. The molecule has 3 nitrogen and oxygen atoms in total. The summed E-state index contributed by atoms with van der Waals surface area (Å²) in [5.74, 6) is -0.944. The Morgan fingerprint density at radius 2 is 2.33 bits per heavy atom. The first-order valence-corrected chi connectivity index (χ1v) is 4.85. The summed E-state index contributed by atoms with van der Waals surface area (Å²) in [4.78, 5) is 10.7. The molecule has 1 atom stereocenters. The summed E-state index contributed by atoms with van der Waals surface area (Å²) in [6.07, 6.45) is 0. The lowest BCUT2D eigenvalue weighted by Crippen LogP contribution is -2.38. The molecule has 0 heterocycles. The van der Waals surface area contributed by atoms with Gasteiger partial charge in [0.15, 0.2) is 0 Å². The molecule has 1 amide bonds. The number of amides is 1. The molecule has 1 rings (SSSR count). The van der Waals surface area contributed by atoms with Crippen molar-refractivity contribution in [3.63, 3.8) is 0 Å². The van der Waals surface area contributed by atoms with Crippen molar-refractivity contribution < 1.29 is 9.18 Å². The number of nitrogens with one attached hydrogen (secondary N) is 1. The van der Waals surface area contributed by atoms with Crippen LogP contribution in [0.2, 0.25) is 5.02 Å². The highest BCUT2D eigenvalue weighted by Gasteiger charge is 2.10. The second-order valence-electron chi connectivity index (χ2n) is 3.22. The fourth-order valence-corrected chi connectivity index (χ4v) is 1.24. The quantitative estimate of drug-likeness (QED) is 0.823. The first kappa shape index (κ1) is 11.9. The number of nitrogens with two attached hydrogens (primary N) is 1. The zero-order chi connectivity index (χ0) is 11.4. The molecule has 1 aromatic rings. The minimum atomic E-state index is -0.497. The van der Waals surface area contributed by atoms with Gasteiger partial charge in [-0.25, -0.2) is 4.39 Å². The van der Waals surface area contributed by atoms with Gasteiger partial charge >= 0.3 is 0 Å². The lowest BCUT2D eigenvalue weighted by atomic mass is 10.2. The van der Waals surface area contributed by atoms with Crippen molar-refractivity contribution in [2.75, 3.05) is 0 Å². The molecule has 0 aliphatic heterocycles. The van der Waals surface area contributed by atoms with E-state index in [9.17, 15) is 9.18 Å². The number of halogens is 2. The summed E-state index contributed by atoms with van der Waals surface area (Å²) in [5, 5.41) is 2.86. The van der Waals surface area contributed by atoms with Crippen LogP contribution in [0.25, 0.3) is 0 Å². The molecule has 0 aliphatic rings. The predicted octanol–water partition coefficient (Wildman–Crippen LogP) is 1.44. The van der Waals surface area contributed by atoms with Crippen LogP contribution in [0.4, 0.5) is 4.39 Å². The summed E-state index contributed by atoms with van der Waals surface area (Å²) >= 11 is 5.60. The van der Waals surface area contributed by atoms with E-state index in [1.807, 2.05) is 0 Å². The number of carbonyl (C=O) groups is 1. The van der Waals surface area contributed by atoms with E-state index in [2.05, 4.69) is 5.32 Å². The highest BCUT2D eigenvalue weighted by molar-refractivity contribution is 6.30. The minimum Gasteiger partial charge on any atom is -0.368 e. The van der Waals surface area contributed by atoms with Gasteiger partial charge in [-0.05, 0) is 13.0 Å². The molecule has 0 saturated carbocycles. The molecule has 0 aliphatic carbocycles. The number of benzene rings is 1. The standard InChI is InChI=1S/C10H12ClFN2O/c1-6(10(13)15)14-5-7-3-2-4-8(11)9(7)12/h2-4,6,14H,5H2,1H3,(H2,13,15). The summed E-state index contributed by atoms with van der Waals surface area (Å²) in [6, 6.07) is 4.22. The predicted molar refractivity (Wildman–Crippen MR) is 56.9 cm³/mol. The van der Waals surface area contributed by atoms with Crippen molar-refractivity contribution in [1.29, 1.82) is 0 Å². The fourth-order valence-electron chi connectivity index (χ4n) is 1.05. The van der Waals surface area contributed by atoms with Gasteiger partial charge < -0.3 is 11.1 Å². The molecule has 1 aromatic carbocycles. The van der Waals surface area contributed by atoms with E-state index in [-0.39, 0.29) is 11.6 Å². The van der Waals surface area contributed by atoms with Crippen LogP contribution < -0.4 is 11.1 Å². The highest BCUT2D eigenvalue weighted by Crippen LogP contribution is 2.17. The smallest absolute Gasteiger partial charge is 0.234 e. The van der Waals surface area contributed by atoms with Gasteiger partial charge in [-0.3, -0.25) is 4.79 Å². The van der Waals surface area contributed by atoms with E-state index in [1.165, 1.54) is 6.07 Å². The third-order valence-corrected chi connectivity index (χ3v) is 2.35. The molecule has 15 heavy (non-hydrogen) atoms. The fraction of sp³-hybridized carbons (Fsp3) is 0.300. The second kappa shape index (κ2) is 5.09. The third-order valence-electron chi connectivity index (χ3n) is 2.06. The van der Waals surface area contributed by atoms with Gasteiger partial charge in [-0.2, -0.15) is 0 Å². The van der Waals surface area contributed by atoms with Crippen molar-refractivity contribution in [1.82, 2.24) is 5.32 Å². The average molecular weight is 231 g/mol. The Balaban J connectivity index is 2.66. The molecule has 82 valence electrons. The Morgan fingerprint density at radius 3 is 2.93 bits per heavy atom. The number of hydrogen-bond donors (Lipinski definition) is 2. The van der Waals surface area contributed by atoms with Crippen molar-refractivity contribution in [3.8, 4) is 0 Å². The Labute approximate surface area is 92.4 Å². The molecular weight excluding hydrogens is 219 g/mol. The van der Waals surface area contributed by atoms with Crippen LogP contribution in [0.15, 0.2) is 18.2 Å². The first-order chi connectivity index (χ1) is 7.02. The Kier molecular flexibility index (Phi) is 4.05. The molecule has 0 radical (unpaired) electrons. The molecule has 0 aromatic heterocycles. The average Bonchev–Trinajstić information content (AvgIpc) is 2.19. The van der Waals surface area contributed by atoms with E-state index in [0.29, 0.717) is 5.56 Å². The lowest BCUT2D eigenvalue weighted by molar-refractivity contribution is -0.119. The number of primary amides is 1. The van der Waals surface area contributed by atoms with Gasteiger partial charge in [-0.15, -0.1) is 0 Å². The van der Waals surface area contributed by atoms with Crippen LogP contribution in [-0.4, -0.2) is 11.9 Å². The minimum absolute atomic E-state index is 0.0704. The Hall–Kier alpha value is -1.13. The number of carbonyl (C=O) groups excluding carboxylic acids is 1. The van der Waals surface area contributed by atoms with Crippen molar-refractivity contribution in [3.05, 3.63) is 34.6 Å². The monoisotopic (exact) mass is 230 g/mol. The normalized spacial score (nSPS) is 12.5.